The quantitative estimate of drug-likeness (QED) is 0.396. The Morgan fingerprint density at radius 2 is 1.91 bits per heavy atom. The molecule has 1 N–H and O–H groups in total. The van der Waals surface area contributed by atoms with Crippen molar-refractivity contribution >= 4 is 33.6 Å². The molecule has 0 spiro atoms. The van der Waals surface area contributed by atoms with Crippen LogP contribution in [0.15, 0.2) is 65.1 Å². The first kappa shape index (κ1) is 18.8. The summed E-state index contributed by atoms with van der Waals surface area (Å²) in [5.41, 5.74) is 5.42. The molecule has 2 aromatic carbocycles. The Hall–Kier alpha value is -3.93. The highest BCUT2D eigenvalue weighted by Crippen LogP contribution is 2.40. The fraction of sp³-hybridized carbons (Fsp3) is 0.192. The molecule has 3 heterocycles. The SMILES string of the molecule is Cc1nn(C)c2nc(C3CC3)cc(C(=O)Nc3cccc4cc(-c5ccccc5)oc34)c12. The maximum atomic E-state index is 13.5. The number of amides is 1. The fourth-order valence-electron chi connectivity index (χ4n) is 4.33. The van der Waals surface area contributed by atoms with Crippen LogP contribution in [0.5, 0.6) is 0 Å². The smallest absolute Gasteiger partial charge is 0.256 e. The maximum absolute atomic E-state index is 13.5. The number of anilines is 1. The molecule has 0 aliphatic heterocycles. The molecule has 1 fully saturated rings. The molecule has 32 heavy (non-hydrogen) atoms. The molecule has 1 aliphatic carbocycles. The van der Waals surface area contributed by atoms with Crippen LogP contribution >= 0.6 is 0 Å². The second kappa shape index (κ2) is 7.05. The molecule has 0 saturated heterocycles. The lowest BCUT2D eigenvalue weighted by Gasteiger charge is -2.09. The fourth-order valence-corrected chi connectivity index (χ4v) is 4.33. The number of aromatic nitrogens is 3. The van der Waals surface area contributed by atoms with Crippen LogP contribution in [0.2, 0.25) is 0 Å². The molecule has 0 radical (unpaired) electrons. The van der Waals surface area contributed by atoms with Gasteiger partial charge in [-0.05, 0) is 38.0 Å². The van der Waals surface area contributed by atoms with E-state index >= 15 is 0 Å². The molecule has 0 bridgehead atoms. The van der Waals surface area contributed by atoms with Gasteiger partial charge in [0.25, 0.3) is 5.91 Å². The third-order valence-electron chi connectivity index (χ3n) is 6.08. The van der Waals surface area contributed by atoms with E-state index in [1.807, 2.05) is 74.6 Å². The maximum Gasteiger partial charge on any atom is 0.256 e. The van der Waals surface area contributed by atoms with E-state index in [2.05, 4.69) is 10.4 Å². The van der Waals surface area contributed by atoms with Gasteiger partial charge in [0.1, 0.15) is 5.76 Å². The molecule has 0 unspecified atom stereocenters. The van der Waals surface area contributed by atoms with Gasteiger partial charge >= 0.3 is 0 Å². The van der Waals surface area contributed by atoms with E-state index in [-0.39, 0.29) is 5.91 Å². The molecule has 6 nitrogen and oxygen atoms in total. The van der Waals surface area contributed by atoms with E-state index < -0.39 is 0 Å². The number of carbonyl (C=O) groups is 1. The summed E-state index contributed by atoms with van der Waals surface area (Å²) in [5.74, 6) is 1.02. The zero-order valence-corrected chi connectivity index (χ0v) is 17.9. The van der Waals surface area contributed by atoms with Gasteiger partial charge in [-0.1, -0.05) is 42.5 Å². The van der Waals surface area contributed by atoms with Gasteiger partial charge in [0.15, 0.2) is 11.2 Å². The lowest BCUT2D eigenvalue weighted by atomic mass is 10.1. The summed E-state index contributed by atoms with van der Waals surface area (Å²) in [6, 6.07) is 19.7. The van der Waals surface area contributed by atoms with Crippen LogP contribution in [0, 0.1) is 6.92 Å². The van der Waals surface area contributed by atoms with Crippen molar-refractivity contribution in [1.29, 1.82) is 0 Å². The van der Waals surface area contributed by atoms with Crippen LogP contribution in [0.1, 0.15) is 40.5 Å². The molecule has 158 valence electrons. The average molecular weight is 422 g/mol. The van der Waals surface area contributed by atoms with Gasteiger partial charge in [-0.2, -0.15) is 5.10 Å². The number of aryl methyl sites for hydroxylation is 2. The van der Waals surface area contributed by atoms with Crippen molar-refractivity contribution in [2.24, 2.45) is 7.05 Å². The number of nitrogens with zero attached hydrogens (tertiary/aromatic N) is 3. The standard InChI is InChI=1S/C26H22N4O2/c1-15-23-19(14-21(16-11-12-16)27-25(23)30(2)29-15)26(31)28-20-10-6-9-18-13-22(32-24(18)20)17-7-4-3-5-8-17/h3-10,13-14,16H,11-12H2,1-2H3,(H,28,31). The van der Waals surface area contributed by atoms with Crippen molar-refractivity contribution in [2.45, 2.75) is 25.7 Å². The Labute approximate surface area is 184 Å². The van der Waals surface area contributed by atoms with Gasteiger partial charge in [0.2, 0.25) is 0 Å². The first-order valence-electron chi connectivity index (χ1n) is 10.8. The van der Waals surface area contributed by atoms with Crippen LogP contribution in [0.3, 0.4) is 0 Å². The van der Waals surface area contributed by atoms with Crippen molar-refractivity contribution in [3.05, 3.63) is 77.6 Å². The third-order valence-corrected chi connectivity index (χ3v) is 6.08. The van der Waals surface area contributed by atoms with Crippen LogP contribution in [0.25, 0.3) is 33.3 Å². The Balaban J connectivity index is 1.43. The van der Waals surface area contributed by atoms with E-state index in [1.165, 1.54) is 0 Å². The van der Waals surface area contributed by atoms with E-state index in [4.69, 9.17) is 9.40 Å². The number of nitrogens with one attached hydrogen (secondary N) is 1. The minimum atomic E-state index is -0.180. The lowest BCUT2D eigenvalue weighted by molar-refractivity contribution is 0.102. The molecule has 6 rings (SSSR count). The number of pyridine rings is 1. The van der Waals surface area contributed by atoms with Crippen LogP contribution in [-0.2, 0) is 7.05 Å². The second-order valence-electron chi connectivity index (χ2n) is 8.43. The highest BCUT2D eigenvalue weighted by atomic mass is 16.3. The van der Waals surface area contributed by atoms with E-state index in [0.29, 0.717) is 22.8 Å². The molecular weight excluding hydrogens is 400 g/mol. The van der Waals surface area contributed by atoms with Gasteiger partial charge < -0.3 is 9.73 Å². The summed E-state index contributed by atoms with van der Waals surface area (Å²) in [4.78, 5) is 18.3. The molecule has 6 heteroatoms. The van der Waals surface area contributed by atoms with Crippen molar-refractivity contribution in [2.75, 3.05) is 5.32 Å². The zero-order valence-electron chi connectivity index (χ0n) is 17.9. The minimum absolute atomic E-state index is 0.180. The van der Waals surface area contributed by atoms with Crippen molar-refractivity contribution in [3.8, 4) is 11.3 Å². The number of carbonyl (C=O) groups excluding carboxylic acids is 1. The number of hydrogen-bond acceptors (Lipinski definition) is 4. The van der Waals surface area contributed by atoms with Gasteiger partial charge in [-0.3, -0.25) is 9.48 Å². The highest BCUT2D eigenvalue weighted by molar-refractivity contribution is 6.14. The predicted octanol–water partition coefficient (Wildman–Crippen LogP) is 5.82. The summed E-state index contributed by atoms with van der Waals surface area (Å²) >= 11 is 0. The topological polar surface area (TPSA) is 73.0 Å². The number of benzene rings is 2. The van der Waals surface area contributed by atoms with Crippen molar-refractivity contribution < 1.29 is 9.21 Å². The second-order valence-corrected chi connectivity index (χ2v) is 8.43. The normalized spacial score (nSPS) is 13.7. The Morgan fingerprint density at radius 3 is 2.69 bits per heavy atom. The number of furan rings is 1. The number of para-hydroxylation sites is 1. The minimum Gasteiger partial charge on any atom is -0.454 e. The first-order chi connectivity index (χ1) is 15.6. The Morgan fingerprint density at radius 1 is 1.09 bits per heavy atom. The lowest BCUT2D eigenvalue weighted by Crippen LogP contribution is -2.14. The molecule has 1 aliphatic rings. The van der Waals surface area contributed by atoms with E-state index in [1.54, 1.807) is 4.68 Å². The van der Waals surface area contributed by atoms with Crippen LogP contribution < -0.4 is 5.32 Å². The summed E-state index contributed by atoms with van der Waals surface area (Å²) in [5, 5.41) is 9.33. The van der Waals surface area contributed by atoms with Gasteiger partial charge in [-0.15, -0.1) is 0 Å². The van der Waals surface area contributed by atoms with E-state index in [0.717, 1.165) is 52.0 Å². The summed E-state index contributed by atoms with van der Waals surface area (Å²) in [6.45, 7) is 1.91. The van der Waals surface area contributed by atoms with Crippen LogP contribution in [0.4, 0.5) is 5.69 Å². The summed E-state index contributed by atoms with van der Waals surface area (Å²) < 4.78 is 7.92. The Bertz CT molecular complexity index is 1490. The van der Waals surface area contributed by atoms with Gasteiger partial charge in [0, 0.05) is 29.6 Å². The monoisotopic (exact) mass is 422 g/mol. The number of hydrogen-bond donors (Lipinski definition) is 1. The van der Waals surface area contributed by atoms with Gasteiger partial charge in [0.05, 0.1) is 22.3 Å². The molecule has 1 saturated carbocycles. The molecule has 1 amide bonds. The predicted molar refractivity (Wildman–Crippen MR) is 125 cm³/mol. The highest BCUT2D eigenvalue weighted by Gasteiger charge is 2.28. The Kier molecular flexibility index (Phi) is 4.15. The summed E-state index contributed by atoms with van der Waals surface area (Å²) in [6.07, 6.45) is 2.23. The van der Waals surface area contributed by atoms with Gasteiger partial charge in [-0.25, -0.2) is 4.98 Å². The van der Waals surface area contributed by atoms with E-state index in [9.17, 15) is 4.79 Å². The molecule has 0 atom stereocenters. The largest absolute Gasteiger partial charge is 0.454 e. The average Bonchev–Trinajstić information content (AvgIpc) is 3.50. The zero-order chi connectivity index (χ0) is 21.8. The third kappa shape index (κ3) is 3.07. The number of fused-ring (bicyclic) bond motifs is 2. The molecular formula is C26H22N4O2. The van der Waals surface area contributed by atoms with Crippen molar-refractivity contribution in [1.82, 2.24) is 14.8 Å². The van der Waals surface area contributed by atoms with Crippen LogP contribution in [-0.4, -0.2) is 20.7 Å². The van der Waals surface area contributed by atoms with Crippen molar-refractivity contribution in [3.63, 3.8) is 0 Å². The number of rotatable bonds is 4. The summed E-state index contributed by atoms with van der Waals surface area (Å²) in [7, 11) is 1.87. The molecule has 3 aromatic heterocycles. The first-order valence-corrected chi connectivity index (χ1v) is 10.8. The molecule has 5 aromatic rings.